The second kappa shape index (κ2) is 4.18. The van der Waals surface area contributed by atoms with E-state index in [1.165, 1.54) is 0 Å². The van der Waals surface area contributed by atoms with Crippen LogP contribution in [0.3, 0.4) is 0 Å². The number of nitrogens with two attached hydrogens (primary N) is 1. The third-order valence-corrected chi connectivity index (χ3v) is 3.05. The Morgan fingerprint density at radius 3 is 2.82 bits per heavy atom. The Labute approximate surface area is 99.7 Å². The number of nitrogen functional groups attached to an aromatic ring is 1. The number of nitrogens with one attached hydrogen (secondary N) is 1. The molecule has 2 heterocycles. The number of aromatic nitrogens is 2. The first-order chi connectivity index (χ1) is 8.34. The van der Waals surface area contributed by atoms with Crippen LogP contribution in [0.15, 0.2) is 24.5 Å². The van der Waals surface area contributed by atoms with E-state index in [9.17, 15) is 0 Å². The van der Waals surface area contributed by atoms with Crippen LogP contribution < -0.4 is 16.0 Å². The van der Waals surface area contributed by atoms with Crippen LogP contribution in [0.5, 0.6) is 0 Å². The summed E-state index contributed by atoms with van der Waals surface area (Å²) in [6.45, 7) is 3.93. The topological polar surface area (TPSA) is 67.1 Å². The van der Waals surface area contributed by atoms with E-state index in [4.69, 9.17) is 5.73 Å². The van der Waals surface area contributed by atoms with Gasteiger partial charge in [-0.25, -0.2) is 9.97 Å². The molecule has 88 valence electrons. The monoisotopic (exact) mass is 229 g/mol. The lowest BCUT2D eigenvalue weighted by molar-refractivity contribution is 0.586. The second-order valence-electron chi connectivity index (χ2n) is 4.21. The minimum absolute atomic E-state index is 0.753. The predicted octanol–water partition coefficient (Wildman–Crippen LogP) is 0.622. The number of hydrogen-bond donors (Lipinski definition) is 2. The van der Waals surface area contributed by atoms with Gasteiger partial charge < -0.3 is 16.0 Å². The first kappa shape index (κ1) is 10.3. The van der Waals surface area contributed by atoms with E-state index in [1.54, 1.807) is 6.33 Å². The molecule has 2 aromatic rings. The number of anilines is 2. The van der Waals surface area contributed by atoms with Crippen molar-refractivity contribution in [3.8, 4) is 0 Å². The molecular formula is C12H15N5. The van der Waals surface area contributed by atoms with Gasteiger partial charge in [-0.1, -0.05) is 0 Å². The molecule has 5 nitrogen and oxygen atoms in total. The molecule has 1 aliphatic rings. The SMILES string of the molecule is Nc1ccc2ncnc(N3CCNCC3)c2c1. The lowest BCUT2D eigenvalue weighted by Crippen LogP contribution is -2.44. The molecule has 3 N–H and O–H groups in total. The summed E-state index contributed by atoms with van der Waals surface area (Å²) in [7, 11) is 0. The molecule has 1 fully saturated rings. The molecule has 5 heteroatoms. The van der Waals surface area contributed by atoms with E-state index < -0.39 is 0 Å². The van der Waals surface area contributed by atoms with E-state index in [2.05, 4.69) is 20.2 Å². The van der Waals surface area contributed by atoms with Crippen molar-refractivity contribution >= 4 is 22.4 Å². The van der Waals surface area contributed by atoms with Gasteiger partial charge in [-0.15, -0.1) is 0 Å². The molecule has 0 saturated carbocycles. The summed E-state index contributed by atoms with van der Waals surface area (Å²) >= 11 is 0. The Morgan fingerprint density at radius 1 is 1.18 bits per heavy atom. The Kier molecular flexibility index (Phi) is 2.53. The summed E-state index contributed by atoms with van der Waals surface area (Å²) in [5, 5.41) is 4.37. The standard InChI is InChI=1S/C12H15N5/c13-9-1-2-11-10(7-9)12(16-8-15-11)17-5-3-14-4-6-17/h1-2,7-8,14H,3-6,13H2. The van der Waals surface area contributed by atoms with Gasteiger partial charge in [0.25, 0.3) is 0 Å². The van der Waals surface area contributed by atoms with E-state index in [-0.39, 0.29) is 0 Å². The van der Waals surface area contributed by atoms with E-state index >= 15 is 0 Å². The van der Waals surface area contributed by atoms with Gasteiger partial charge in [0.2, 0.25) is 0 Å². The molecule has 0 aliphatic carbocycles. The highest BCUT2D eigenvalue weighted by Crippen LogP contribution is 2.24. The third kappa shape index (κ3) is 1.89. The maximum atomic E-state index is 5.84. The predicted molar refractivity (Wildman–Crippen MR) is 69.0 cm³/mol. The van der Waals surface area contributed by atoms with E-state index in [0.717, 1.165) is 48.6 Å². The number of hydrogen-bond acceptors (Lipinski definition) is 5. The van der Waals surface area contributed by atoms with Gasteiger partial charge >= 0.3 is 0 Å². The van der Waals surface area contributed by atoms with Crippen LogP contribution in [0.4, 0.5) is 11.5 Å². The third-order valence-electron chi connectivity index (χ3n) is 3.05. The number of nitrogens with zero attached hydrogens (tertiary/aromatic N) is 3. The Balaban J connectivity index is 2.11. The molecule has 3 rings (SSSR count). The van der Waals surface area contributed by atoms with Crippen LogP contribution in [0.1, 0.15) is 0 Å². The zero-order chi connectivity index (χ0) is 11.7. The van der Waals surface area contributed by atoms with Gasteiger partial charge in [-0.2, -0.15) is 0 Å². The smallest absolute Gasteiger partial charge is 0.140 e. The average Bonchev–Trinajstić information content (AvgIpc) is 2.39. The molecule has 0 bridgehead atoms. The lowest BCUT2D eigenvalue weighted by atomic mass is 10.2. The molecule has 0 amide bonds. The van der Waals surface area contributed by atoms with Crippen LogP contribution >= 0.6 is 0 Å². The Morgan fingerprint density at radius 2 is 2.00 bits per heavy atom. The van der Waals surface area contributed by atoms with Gasteiger partial charge in [-0.05, 0) is 18.2 Å². The molecule has 1 aliphatic heterocycles. The molecule has 1 saturated heterocycles. The van der Waals surface area contributed by atoms with Crippen molar-refractivity contribution < 1.29 is 0 Å². The van der Waals surface area contributed by atoms with Crippen LogP contribution in [0.25, 0.3) is 10.9 Å². The van der Waals surface area contributed by atoms with Gasteiger partial charge in [-0.3, -0.25) is 0 Å². The average molecular weight is 229 g/mol. The zero-order valence-corrected chi connectivity index (χ0v) is 9.56. The fourth-order valence-electron chi connectivity index (χ4n) is 2.19. The van der Waals surface area contributed by atoms with Crippen molar-refractivity contribution in [1.29, 1.82) is 0 Å². The highest BCUT2D eigenvalue weighted by atomic mass is 15.2. The number of fused-ring (bicyclic) bond motifs is 1. The first-order valence-corrected chi connectivity index (χ1v) is 5.80. The van der Waals surface area contributed by atoms with Crippen molar-refractivity contribution in [3.63, 3.8) is 0 Å². The van der Waals surface area contributed by atoms with Crippen LogP contribution in [0, 0.1) is 0 Å². The molecule has 0 spiro atoms. The molecule has 0 radical (unpaired) electrons. The van der Waals surface area contributed by atoms with Crippen molar-refractivity contribution in [2.24, 2.45) is 0 Å². The molecule has 1 aromatic heterocycles. The van der Waals surface area contributed by atoms with Crippen LogP contribution in [-0.4, -0.2) is 36.1 Å². The van der Waals surface area contributed by atoms with Gasteiger partial charge in [0, 0.05) is 37.3 Å². The Bertz CT molecular complexity index is 533. The summed E-state index contributed by atoms with van der Waals surface area (Å²) in [5.74, 6) is 0.990. The number of benzene rings is 1. The maximum Gasteiger partial charge on any atom is 0.140 e. The van der Waals surface area contributed by atoms with Crippen molar-refractivity contribution in [1.82, 2.24) is 15.3 Å². The van der Waals surface area contributed by atoms with Crippen LogP contribution in [0.2, 0.25) is 0 Å². The second-order valence-corrected chi connectivity index (χ2v) is 4.21. The molecule has 17 heavy (non-hydrogen) atoms. The quantitative estimate of drug-likeness (QED) is 0.702. The highest BCUT2D eigenvalue weighted by Gasteiger charge is 2.14. The minimum atomic E-state index is 0.753. The van der Waals surface area contributed by atoms with Crippen molar-refractivity contribution in [3.05, 3.63) is 24.5 Å². The normalized spacial score (nSPS) is 16.4. The summed E-state index contributed by atoms with van der Waals surface area (Å²) in [4.78, 5) is 10.9. The highest BCUT2D eigenvalue weighted by molar-refractivity contribution is 5.91. The fourth-order valence-corrected chi connectivity index (χ4v) is 2.19. The van der Waals surface area contributed by atoms with Gasteiger partial charge in [0.1, 0.15) is 12.1 Å². The number of rotatable bonds is 1. The minimum Gasteiger partial charge on any atom is -0.399 e. The van der Waals surface area contributed by atoms with Crippen LogP contribution in [-0.2, 0) is 0 Å². The largest absolute Gasteiger partial charge is 0.399 e. The lowest BCUT2D eigenvalue weighted by Gasteiger charge is -2.29. The van der Waals surface area contributed by atoms with E-state index in [1.807, 2.05) is 18.2 Å². The summed E-state index contributed by atoms with van der Waals surface area (Å²) < 4.78 is 0. The number of piperazine rings is 1. The van der Waals surface area contributed by atoms with Crippen molar-refractivity contribution in [2.45, 2.75) is 0 Å². The zero-order valence-electron chi connectivity index (χ0n) is 9.56. The van der Waals surface area contributed by atoms with Gasteiger partial charge in [0.05, 0.1) is 5.52 Å². The Hall–Kier alpha value is -1.88. The summed E-state index contributed by atoms with van der Waals surface area (Å²) in [6, 6.07) is 5.77. The first-order valence-electron chi connectivity index (χ1n) is 5.80. The maximum absolute atomic E-state index is 5.84. The fraction of sp³-hybridized carbons (Fsp3) is 0.333. The molecule has 1 aromatic carbocycles. The van der Waals surface area contributed by atoms with Crippen molar-refractivity contribution in [2.75, 3.05) is 36.8 Å². The summed E-state index contributed by atoms with van der Waals surface area (Å²) in [5.41, 5.74) is 7.54. The molecular weight excluding hydrogens is 214 g/mol. The van der Waals surface area contributed by atoms with Gasteiger partial charge in [0.15, 0.2) is 0 Å². The van der Waals surface area contributed by atoms with E-state index in [0.29, 0.717) is 0 Å². The summed E-state index contributed by atoms with van der Waals surface area (Å²) in [6.07, 6.45) is 1.62. The molecule has 0 unspecified atom stereocenters. The molecule has 0 atom stereocenters.